The first kappa shape index (κ1) is 24.3. The first-order chi connectivity index (χ1) is 20.8. The third-order valence-corrected chi connectivity index (χ3v) is 8.24. The van der Waals surface area contributed by atoms with Gasteiger partial charge in [-0.05, 0) is 59.1 Å². The highest BCUT2D eigenvalue weighted by atomic mass is 32.1. The van der Waals surface area contributed by atoms with E-state index in [-0.39, 0.29) is 0 Å². The van der Waals surface area contributed by atoms with Crippen molar-refractivity contribution in [3.63, 3.8) is 0 Å². The van der Waals surface area contributed by atoms with Crippen molar-refractivity contribution in [1.29, 1.82) is 0 Å². The summed E-state index contributed by atoms with van der Waals surface area (Å²) < 4.78 is 7.01. The van der Waals surface area contributed by atoms with Crippen LogP contribution in [0.1, 0.15) is 0 Å². The van der Waals surface area contributed by atoms with Crippen molar-refractivity contribution in [2.75, 3.05) is 0 Å². The molecule has 5 aromatic carbocycles. The molecule has 7 heteroatoms. The molecule has 0 saturated heterocycles. The summed E-state index contributed by atoms with van der Waals surface area (Å²) in [7, 11) is 0. The van der Waals surface area contributed by atoms with Crippen LogP contribution in [0.15, 0.2) is 134 Å². The maximum Gasteiger partial charge on any atom is 0.173 e. The molecule has 0 saturated carbocycles. The highest BCUT2D eigenvalue weighted by molar-refractivity contribution is 7.09. The van der Waals surface area contributed by atoms with Gasteiger partial charge < -0.3 is 4.57 Å². The van der Waals surface area contributed by atoms with E-state index in [1.54, 1.807) is 0 Å². The summed E-state index contributed by atoms with van der Waals surface area (Å²) in [5, 5.41) is 3.28. The van der Waals surface area contributed by atoms with Crippen molar-refractivity contribution < 1.29 is 0 Å². The van der Waals surface area contributed by atoms with Crippen molar-refractivity contribution in [1.82, 2.24) is 28.9 Å². The summed E-state index contributed by atoms with van der Waals surface area (Å²) in [6.07, 6.45) is 3.00. The van der Waals surface area contributed by atoms with Crippen LogP contribution in [0.25, 0.3) is 72.0 Å². The molecule has 0 aliphatic heterocycles. The Labute approximate surface area is 245 Å². The Morgan fingerprint density at radius 1 is 0.500 bits per heavy atom. The third kappa shape index (κ3) is 4.24. The van der Waals surface area contributed by atoms with E-state index in [2.05, 4.69) is 115 Å². The molecule has 42 heavy (non-hydrogen) atoms. The second-order valence-corrected chi connectivity index (χ2v) is 10.7. The zero-order chi connectivity index (χ0) is 27.9. The molecule has 0 fully saturated rings. The second-order valence-electron chi connectivity index (χ2n) is 9.96. The maximum atomic E-state index is 4.90. The average Bonchev–Trinajstić information content (AvgIpc) is 3.69. The number of hydrogen-bond acceptors (Lipinski definition) is 6. The van der Waals surface area contributed by atoms with Crippen LogP contribution in [0.3, 0.4) is 0 Å². The molecule has 0 unspecified atom stereocenters. The fraction of sp³-hybridized carbons (Fsp3) is 0. The van der Waals surface area contributed by atoms with E-state index in [4.69, 9.17) is 4.98 Å². The van der Waals surface area contributed by atoms with E-state index in [0.717, 1.165) is 32.9 Å². The van der Waals surface area contributed by atoms with Crippen LogP contribution in [0.5, 0.6) is 0 Å². The van der Waals surface area contributed by atoms with Crippen molar-refractivity contribution in [2.24, 2.45) is 0 Å². The molecule has 3 aromatic heterocycles. The third-order valence-electron chi connectivity index (χ3n) is 7.47. The lowest BCUT2D eigenvalue weighted by atomic mass is 10.1. The molecular formula is C35H22N6S. The maximum absolute atomic E-state index is 4.90. The minimum atomic E-state index is 0.642. The summed E-state index contributed by atoms with van der Waals surface area (Å²) in [4.78, 5) is 17.2. The van der Waals surface area contributed by atoms with Gasteiger partial charge in [0.05, 0.1) is 11.0 Å². The summed E-state index contributed by atoms with van der Waals surface area (Å²) in [6, 6.07) is 42.4. The number of rotatable bonds is 5. The first-order valence-corrected chi connectivity index (χ1v) is 14.4. The van der Waals surface area contributed by atoms with Crippen molar-refractivity contribution >= 4 is 33.3 Å². The second kappa shape index (κ2) is 10.1. The molecule has 0 bridgehead atoms. The Hall–Kier alpha value is -5.53. The number of benzene rings is 5. The Balaban J connectivity index is 1.16. The number of aromatic nitrogens is 6. The van der Waals surface area contributed by atoms with Crippen molar-refractivity contribution in [3.05, 3.63) is 134 Å². The van der Waals surface area contributed by atoms with Crippen LogP contribution in [0.4, 0.5) is 0 Å². The van der Waals surface area contributed by atoms with Gasteiger partial charge >= 0.3 is 0 Å². The molecule has 8 rings (SSSR count). The number of fused-ring (bicyclic) bond motifs is 3. The summed E-state index contributed by atoms with van der Waals surface area (Å²) in [5.41, 5.74) is 8.81. The van der Waals surface area contributed by atoms with Gasteiger partial charge in [0.1, 0.15) is 17.7 Å². The fourth-order valence-electron chi connectivity index (χ4n) is 5.43. The molecule has 0 aliphatic rings. The number of hydrogen-bond donors (Lipinski definition) is 0. The number of para-hydroxylation sites is 1. The Bertz CT molecular complexity index is 2170. The fourth-order valence-corrected chi connectivity index (χ4v) is 6.11. The largest absolute Gasteiger partial charge is 0.309 e. The summed E-state index contributed by atoms with van der Waals surface area (Å²) >= 11 is 1.41. The van der Waals surface area contributed by atoms with E-state index < -0.39 is 0 Å². The average molecular weight is 559 g/mol. The molecule has 8 aromatic rings. The first-order valence-electron chi connectivity index (χ1n) is 13.6. The van der Waals surface area contributed by atoms with Crippen molar-refractivity contribution in [3.8, 4) is 50.2 Å². The molecule has 0 amide bonds. The minimum absolute atomic E-state index is 0.642. The van der Waals surface area contributed by atoms with Crippen LogP contribution in [-0.4, -0.2) is 28.9 Å². The van der Waals surface area contributed by atoms with Gasteiger partial charge in [-0.25, -0.2) is 19.9 Å². The monoisotopic (exact) mass is 558 g/mol. The SMILES string of the molecule is c1ccc(-c2ccc(-n3c4ccccc4c4cc(-c5nc(-c6ccc(-c7ncncn7)cc6)ns5)ccc43)cc2)cc1. The molecule has 198 valence electrons. The topological polar surface area (TPSA) is 69.4 Å². The lowest BCUT2D eigenvalue weighted by Gasteiger charge is -2.09. The van der Waals surface area contributed by atoms with Gasteiger partial charge in [-0.3, -0.25) is 0 Å². The zero-order valence-corrected chi connectivity index (χ0v) is 23.1. The summed E-state index contributed by atoms with van der Waals surface area (Å²) in [5.74, 6) is 1.35. The molecule has 0 radical (unpaired) electrons. The highest BCUT2D eigenvalue weighted by Gasteiger charge is 2.15. The van der Waals surface area contributed by atoms with Crippen LogP contribution in [0.2, 0.25) is 0 Å². The van der Waals surface area contributed by atoms with Gasteiger partial charge in [-0.2, -0.15) is 4.37 Å². The van der Waals surface area contributed by atoms with Gasteiger partial charge in [0, 0.05) is 33.2 Å². The van der Waals surface area contributed by atoms with Crippen LogP contribution in [0, 0.1) is 0 Å². The lowest BCUT2D eigenvalue weighted by molar-refractivity contribution is 1.06. The molecule has 0 spiro atoms. The normalized spacial score (nSPS) is 11.3. The standard InChI is InChI=1S/C35H22N6S/c1-2-6-23(7-3-1)24-14-17-28(18-15-24)41-31-9-5-4-8-29(31)30-20-27(16-19-32(30)41)35-39-34(40-42-35)26-12-10-25(11-13-26)33-37-21-36-22-38-33/h1-22H. The van der Waals surface area contributed by atoms with Gasteiger partial charge in [0.2, 0.25) is 0 Å². The smallest absolute Gasteiger partial charge is 0.173 e. The molecular weight excluding hydrogens is 536 g/mol. The predicted octanol–water partition coefficient (Wildman–Crippen LogP) is 8.49. The van der Waals surface area contributed by atoms with Gasteiger partial charge in [0.15, 0.2) is 11.6 Å². The van der Waals surface area contributed by atoms with E-state index in [0.29, 0.717) is 11.6 Å². The van der Waals surface area contributed by atoms with E-state index >= 15 is 0 Å². The van der Waals surface area contributed by atoms with Gasteiger partial charge in [0.25, 0.3) is 0 Å². The Kier molecular flexibility index (Phi) is 5.86. The highest BCUT2D eigenvalue weighted by Crippen LogP contribution is 2.36. The predicted molar refractivity (Wildman–Crippen MR) is 169 cm³/mol. The van der Waals surface area contributed by atoms with Crippen LogP contribution < -0.4 is 0 Å². The van der Waals surface area contributed by atoms with E-state index in [1.807, 2.05) is 30.3 Å². The molecule has 0 atom stereocenters. The van der Waals surface area contributed by atoms with Crippen molar-refractivity contribution in [2.45, 2.75) is 0 Å². The summed E-state index contributed by atoms with van der Waals surface area (Å²) in [6.45, 7) is 0. The molecule has 0 N–H and O–H groups in total. The van der Waals surface area contributed by atoms with Crippen LogP contribution in [-0.2, 0) is 0 Å². The Morgan fingerprint density at radius 3 is 1.90 bits per heavy atom. The Morgan fingerprint density at radius 2 is 1.12 bits per heavy atom. The van der Waals surface area contributed by atoms with E-state index in [9.17, 15) is 0 Å². The molecule has 6 nitrogen and oxygen atoms in total. The van der Waals surface area contributed by atoms with Gasteiger partial charge in [-0.1, -0.05) is 84.9 Å². The van der Waals surface area contributed by atoms with Crippen LogP contribution >= 0.6 is 11.5 Å². The molecule has 0 aliphatic carbocycles. The zero-order valence-electron chi connectivity index (χ0n) is 22.3. The van der Waals surface area contributed by atoms with Gasteiger partial charge in [-0.15, -0.1) is 0 Å². The minimum Gasteiger partial charge on any atom is -0.309 e. The quantitative estimate of drug-likeness (QED) is 0.212. The molecule has 3 heterocycles. The number of nitrogens with zero attached hydrogens (tertiary/aromatic N) is 6. The van der Waals surface area contributed by atoms with E-state index in [1.165, 1.54) is 51.6 Å². The lowest BCUT2D eigenvalue weighted by Crippen LogP contribution is -1.93.